The molecule has 7 nitrogen and oxygen atoms in total. The maximum Gasteiger partial charge on any atom is 0.335 e. The maximum atomic E-state index is 12.2. The molecule has 0 atom stereocenters. The number of aromatic carboxylic acids is 1. The lowest BCUT2D eigenvalue weighted by molar-refractivity contribution is 0.0696. The van der Waals surface area contributed by atoms with Crippen LogP contribution in [0.2, 0.25) is 0 Å². The lowest BCUT2D eigenvalue weighted by atomic mass is 10.1. The molecule has 0 unspecified atom stereocenters. The van der Waals surface area contributed by atoms with Gasteiger partial charge in [-0.15, -0.1) is 11.3 Å². The van der Waals surface area contributed by atoms with Gasteiger partial charge in [0.2, 0.25) is 0 Å². The number of rotatable bonds is 6. The second kappa shape index (κ2) is 8.40. The largest absolute Gasteiger partial charge is 0.478 e. The van der Waals surface area contributed by atoms with Gasteiger partial charge in [-0.2, -0.15) is 0 Å². The summed E-state index contributed by atoms with van der Waals surface area (Å²) in [5.41, 5.74) is 2.80. The van der Waals surface area contributed by atoms with Crippen LogP contribution in [-0.2, 0) is 6.42 Å². The summed E-state index contributed by atoms with van der Waals surface area (Å²) in [6, 6.07) is 10.1. The van der Waals surface area contributed by atoms with Crippen LogP contribution in [-0.4, -0.2) is 45.9 Å². The molecule has 3 rings (SSSR count). The van der Waals surface area contributed by atoms with Crippen molar-refractivity contribution in [2.24, 2.45) is 0 Å². The number of aromatic nitrogens is 2. The molecule has 2 aromatic heterocycles. The number of thiophene rings is 1. The van der Waals surface area contributed by atoms with Gasteiger partial charge in [0.1, 0.15) is 5.82 Å². The average Bonchev–Trinajstić information content (AvgIpc) is 3.17. The van der Waals surface area contributed by atoms with Crippen molar-refractivity contribution in [1.82, 2.24) is 14.9 Å². The van der Waals surface area contributed by atoms with Crippen LogP contribution in [0.15, 0.2) is 36.4 Å². The molecule has 0 spiro atoms. The van der Waals surface area contributed by atoms with Gasteiger partial charge >= 0.3 is 5.97 Å². The van der Waals surface area contributed by atoms with Crippen LogP contribution < -0.4 is 5.32 Å². The quantitative estimate of drug-likeness (QED) is 0.632. The summed E-state index contributed by atoms with van der Waals surface area (Å²) in [6.07, 6.45) is 0.746. The molecular formula is C21H22N4O3S. The van der Waals surface area contributed by atoms with Crippen molar-refractivity contribution in [3.05, 3.63) is 58.1 Å². The Bertz CT molecular complexity index is 1060. The van der Waals surface area contributed by atoms with Crippen molar-refractivity contribution in [1.29, 1.82) is 0 Å². The molecule has 0 fully saturated rings. The van der Waals surface area contributed by atoms with Crippen LogP contribution in [0.3, 0.4) is 0 Å². The van der Waals surface area contributed by atoms with Crippen LogP contribution in [0.5, 0.6) is 0 Å². The zero-order valence-corrected chi connectivity index (χ0v) is 17.5. The minimum atomic E-state index is -0.966. The molecule has 29 heavy (non-hydrogen) atoms. The SMILES string of the molecule is CCc1c(C)nc(-c2ccc(C(=O)N(C)C)s2)nc1Nc1ccc(C(=O)O)cc1. The van der Waals surface area contributed by atoms with Crippen molar-refractivity contribution in [3.8, 4) is 10.7 Å². The highest BCUT2D eigenvalue weighted by Crippen LogP contribution is 2.30. The molecule has 1 aromatic carbocycles. The molecule has 3 aromatic rings. The van der Waals surface area contributed by atoms with E-state index >= 15 is 0 Å². The molecule has 0 radical (unpaired) electrons. The van der Waals surface area contributed by atoms with Gasteiger partial charge in [0, 0.05) is 31.0 Å². The Balaban J connectivity index is 1.96. The molecule has 8 heteroatoms. The number of amides is 1. The molecule has 2 heterocycles. The van der Waals surface area contributed by atoms with E-state index in [0.29, 0.717) is 16.5 Å². The van der Waals surface area contributed by atoms with Gasteiger partial charge in [-0.3, -0.25) is 4.79 Å². The zero-order valence-electron chi connectivity index (χ0n) is 16.7. The van der Waals surface area contributed by atoms with Gasteiger partial charge < -0.3 is 15.3 Å². The Morgan fingerprint density at radius 2 is 1.79 bits per heavy atom. The minimum absolute atomic E-state index is 0.0555. The van der Waals surface area contributed by atoms with Gasteiger partial charge in [-0.25, -0.2) is 14.8 Å². The first-order valence-electron chi connectivity index (χ1n) is 9.10. The van der Waals surface area contributed by atoms with Gasteiger partial charge in [0.25, 0.3) is 5.91 Å². The molecule has 0 aliphatic heterocycles. The lowest BCUT2D eigenvalue weighted by Gasteiger charge is -2.14. The first-order valence-corrected chi connectivity index (χ1v) is 9.91. The lowest BCUT2D eigenvalue weighted by Crippen LogP contribution is -2.20. The highest BCUT2D eigenvalue weighted by molar-refractivity contribution is 7.17. The normalized spacial score (nSPS) is 10.6. The van der Waals surface area contributed by atoms with Crippen LogP contribution in [0.4, 0.5) is 11.5 Å². The number of carbonyl (C=O) groups is 2. The third-order valence-corrected chi connectivity index (χ3v) is 5.47. The fourth-order valence-electron chi connectivity index (χ4n) is 2.86. The van der Waals surface area contributed by atoms with Crippen molar-refractivity contribution in [3.63, 3.8) is 0 Å². The van der Waals surface area contributed by atoms with E-state index < -0.39 is 5.97 Å². The van der Waals surface area contributed by atoms with Crippen LogP contribution in [0.25, 0.3) is 10.7 Å². The molecule has 0 saturated carbocycles. The fourth-order valence-corrected chi connectivity index (χ4v) is 3.82. The molecule has 0 aliphatic rings. The Kier molecular flexibility index (Phi) is 5.93. The monoisotopic (exact) mass is 410 g/mol. The van der Waals surface area contributed by atoms with Gasteiger partial charge in [-0.05, 0) is 49.7 Å². The number of hydrogen-bond acceptors (Lipinski definition) is 6. The first-order chi connectivity index (χ1) is 13.8. The zero-order chi connectivity index (χ0) is 21.1. The predicted molar refractivity (Wildman–Crippen MR) is 114 cm³/mol. The number of benzene rings is 1. The van der Waals surface area contributed by atoms with Crippen molar-refractivity contribution in [2.45, 2.75) is 20.3 Å². The smallest absolute Gasteiger partial charge is 0.335 e. The summed E-state index contributed by atoms with van der Waals surface area (Å²) in [4.78, 5) is 35.5. The van der Waals surface area contributed by atoms with Gasteiger partial charge in [0.05, 0.1) is 15.3 Å². The third kappa shape index (κ3) is 4.43. The summed E-state index contributed by atoms with van der Waals surface area (Å²) in [7, 11) is 3.44. The van der Waals surface area contributed by atoms with E-state index in [-0.39, 0.29) is 11.5 Å². The molecule has 150 valence electrons. The Morgan fingerprint density at radius 3 is 2.38 bits per heavy atom. The van der Waals surface area contributed by atoms with E-state index in [1.54, 1.807) is 44.4 Å². The fraction of sp³-hybridized carbons (Fsp3) is 0.238. The molecule has 2 N–H and O–H groups in total. The Labute approximate surface area is 173 Å². The third-order valence-electron chi connectivity index (χ3n) is 4.41. The molecule has 0 saturated heterocycles. The van der Waals surface area contributed by atoms with E-state index in [9.17, 15) is 9.59 Å². The molecular weight excluding hydrogens is 388 g/mol. The van der Waals surface area contributed by atoms with Crippen LogP contribution in [0.1, 0.15) is 38.2 Å². The summed E-state index contributed by atoms with van der Waals surface area (Å²) in [6.45, 7) is 3.96. The number of carboxylic acids is 1. The number of aryl methyl sites for hydroxylation is 1. The van der Waals surface area contributed by atoms with E-state index in [4.69, 9.17) is 10.1 Å². The number of nitrogens with zero attached hydrogens (tertiary/aromatic N) is 3. The van der Waals surface area contributed by atoms with Gasteiger partial charge in [0.15, 0.2) is 5.82 Å². The maximum absolute atomic E-state index is 12.2. The summed E-state index contributed by atoms with van der Waals surface area (Å²) in [5, 5.41) is 12.3. The average molecular weight is 410 g/mol. The number of hydrogen-bond donors (Lipinski definition) is 2. The summed E-state index contributed by atoms with van der Waals surface area (Å²) < 4.78 is 0. The Hall–Kier alpha value is -3.26. The predicted octanol–water partition coefficient (Wildman–Crippen LogP) is 4.22. The molecule has 0 aliphatic carbocycles. The minimum Gasteiger partial charge on any atom is -0.478 e. The van der Waals surface area contributed by atoms with Crippen molar-refractivity contribution >= 4 is 34.7 Å². The van der Waals surface area contributed by atoms with E-state index in [0.717, 1.165) is 28.2 Å². The molecule has 0 bridgehead atoms. The Morgan fingerprint density at radius 1 is 1.10 bits per heavy atom. The molecule has 1 amide bonds. The number of anilines is 2. The van der Waals surface area contributed by atoms with Crippen molar-refractivity contribution < 1.29 is 14.7 Å². The highest BCUT2D eigenvalue weighted by atomic mass is 32.1. The van der Waals surface area contributed by atoms with E-state index in [1.807, 2.05) is 19.9 Å². The second-order valence-electron chi connectivity index (χ2n) is 6.68. The second-order valence-corrected chi connectivity index (χ2v) is 7.77. The number of nitrogens with one attached hydrogen (secondary N) is 1. The summed E-state index contributed by atoms with van der Waals surface area (Å²) >= 11 is 1.36. The van der Waals surface area contributed by atoms with Crippen LogP contribution >= 0.6 is 11.3 Å². The topological polar surface area (TPSA) is 95.4 Å². The van der Waals surface area contributed by atoms with Crippen LogP contribution in [0, 0.1) is 6.92 Å². The number of carbonyl (C=O) groups excluding carboxylic acids is 1. The standard InChI is InChI=1S/C21H22N4O3S/c1-5-15-12(2)22-19(16-10-11-17(29-16)20(26)25(3)4)24-18(15)23-14-8-6-13(7-9-14)21(27)28/h6-11H,5H2,1-4H3,(H,27,28)(H,22,23,24). The van der Waals surface area contributed by atoms with E-state index in [2.05, 4.69) is 10.3 Å². The van der Waals surface area contributed by atoms with Gasteiger partial charge in [-0.1, -0.05) is 6.92 Å². The van der Waals surface area contributed by atoms with Crippen molar-refractivity contribution in [2.75, 3.05) is 19.4 Å². The first kappa shape index (κ1) is 20.5. The van der Waals surface area contributed by atoms with E-state index in [1.165, 1.54) is 16.2 Å². The highest BCUT2D eigenvalue weighted by Gasteiger charge is 2.16. The number of carboxylic acid groups (broad SMARTS) is 1. The summed E-state index contributed by atoms with van der Waals surface area (Å²) in [5.74, 6) is 0.200.